The number of alkyl halides is 2. The summed E-state index contributed by atoms with van der Waals surface area (Å²) >= 11 is 8.46. The first-order valence-corrected chi connectivity index (χ1v) is 7.28. The van der Waals surface area contributed by atoms with Crippen molar-refractivity contribution < 1.29 is 19.0 Å². The van der Waals surface area contributed by atoms with Gasteiger partial charge in [0.05, 0.1) is 13.2 Å². The minimum Gasteiger partial charge on any atom is -0.384 e. The number of carbonyl (C=O) groups is 1. The van der Waals surface area contributed by atoms with E-state index in [1.54, 1.807) is 0 Å². The first kappa shape index (κ1) is 15.7. The number of benzene rings is 1. The second kappa shape index (κ2) is 6.39. The van der Waals surface area contributed by atoms with Gasteiger partial charge in [0.2, 0.25) is 0 Å². The fourth-order valence-electron chi connectivity index (χ4n) is 1.95. The molecule has 2 rings (SSSR count). The molecular formula is C13H14BrClFNO3. The molecule has 1 N–H and O–H groups in total. The summed E-state index contributed by atoms with van der Waals surface area (Å²) in [4.78, 5) is 13.5. The van der Waals surface area contributed by atoms with E-state index in [9.17, 15) is 14.3 Å². The van der Waals surface area contributed by atoms with Gasteiger partial charge in [-0.2, -0.15) is 0 Å². The Morgan fingerprint density at radius 2 is 1.95 bits per heavy atom. The van der Waals surface area contributed by atoms with Crippen LogP contribution in [0.4, 0.5) is 4.39 Å². The van der Waals surface area contributed by atoms with Gasteiger partial charge in [0.1, 0.15) is 6.10 Å². The zero-order valence-electron chi connectivity index (χ0n) is 10.6. The van der Waals surface area contributed by atoms with Gasteiger partial charge >= 0.3 is 0 Å². The lowest BCUT2D eigenvalue weighted by atomic mass is 10.0. The second-order valence-electron chi connectivity index (χ2n) is 4.48. The molecule has 1 aliphatic rings. The van der Waals surface area contributed by atoms with Crippen molar-refractivity contribution in [3.63, 3.8) is 0 Å². The molecule has 1 fully saturated rings. The molecule has 1 heterocycles. The summed E-state index contributed by atoms with van der Waals surface area (Å²) in [5.41, 5.74) is 0.274. The van der Waals surface area contributed by atoms with E-state index < -0.39 is 16.6 Å². The molecule has 0 bridgehead atoms. The summed E-state index contributed by atoms with van der Waals surface area (Å²) in [5, 5.41) is 10.6. The predicted molar refractivity (Wildman–Crippen MR) is 76.6 cm³/mol. The van der Waals surface area contributed by atoms with E-state index in [4.69, 9.17) is 16.3 Å². The molecule has 7 heteroatoms. The number of amides is 1. The van der Waals surface area contributed by atoms with Crippen LogP contribution in [-0.2, 0) is 9.53 Å². The third-order valence-corrected chi connectivity index (χ3v) is 4.14. The largest absolute Gasteiger partial charge is 0.384 e. The maximum absolute atomic E-state index is 14.6. The molecule has 0 aromatic heterocycles. The van der Waals surface area contributed by atoms with Crippen LogP contribution in [0.1, 0.15) is 11.7 Å². The molecule has 20 heavy (non-hydrogen) atoms. The highest BCUT2D eigenvalue weighted by atomic mass is 79.9. The van der Waals surface area contributed by atoms with Gasteiger partial charge in [-0.3, -0.25) is 4.79 Å². The Morgan fingerprint density at radius 1 is 1.40 bits per heavy atom. The van der Waals surface area contributed by atoms with Crippen LogP contribution in [0.5, 0.6) is 0 Å². The minimum atomic E-state index is -2.57. The monoisotopic (exact) mass is 365 g/mol. The molecule has 0 aliphatic carbocycles. The van der Waals surface area contributed by atoms with E-state index in [-0.39, 0.29) is 5.56 Å². The topological polar surface area (TPSA) is 49.8 Å². The van der Waals surface area contributed by atoms with Crippen LogP contribution in [0, 0.1) is 0 Å². The zero-order valence-corrected chi connectivity index (χ0v) is 12.9. The average Bonchev–Trinajstić information content (AvgIpc) is 2.47. The molecule has 1 amide bonds. The van der Waals surface area contributed by atoms with Crippen molar-refractivity contribution in [2.24, 2.45) is 0 Å². The molecule has 0 radical (unpaired) electrons. The van der Waals surface area contributed by atoms with Gasteiger partial charge in [-0.1, -0.05) is 23.7 Å². The second-order valence-corrected chi connectivity index (χ2v) is 6.07. The molecule has 1 aliphatic heterocycles. The first-order valence-electron chi connectivity index (χ1n) is 6.11. The van der Waals surface area contributed by atoms with Crippen molar-refractivity contribution in [3.8, 4) is 0 Å². The molecule has 0 saturated carbocycles. The number of hydrogen-bond donors (Lipinski definition) is 1. The average molecular weight is 367 g/mol. The molecule has 1 aromatic rings. The van der Waals surface area contributed by atoms with Crippen molar-refractivity contribution in [2.45, 2.75) is 10.7 Å². The first-order chi connectivity index (χ1) is 9.43. The lowest BCUT2D eigenvalue weighted by molar-refractivity contribution is -0.147. The van der Waals surface area contributed by atoms with E-state index in [1.165, 1.54) is 29.2 Å². The molecule has 110 valence electrons. The van der Waals surface area contributed by atoms with Crippen LogP contribution in [0.2, 0.25) is 5.02 Å². The zero-order chi connectivity index (χ0) is 14.8. The fourth-order valence-corrected chi connectivity index (χ4v) is 2.59. The van der Waals surface area contributed by atoms with Crippen LogP contribution < -0.4 is 0 Å². The van der Waals surface area contributed by atoms with Gasteiger partial charge in [-0.05, 0) is 33.6 Å². The Hall–Kier alpha value is -0.690. The van der Waals surface area contributed by atoms with E-state index in [0.29, 0.717) is 31.3 Å². The number of rotatable bonds is 3. The number of carbonyl (C=O) groups excluding carboxylic acids is 1. The third-order valence-electron chi connectivity index (χ3n) is 3.11. The highest BCUT2D eigenvalue weighted by Crippen LogP contribution is 2.37. The van der Waals surface area contributed by atoms with Crippen LogP contribution in [0.3, 0.4) is 0 Å². The van der Waals surface area contributed by atoms with Crippen LogP contribution >= 0.6 is 27.5 Å². The number of aliphatic hydroxyl groups is 1. The van der Waals surface area contributed by atoms with E-state index in [0.717, 1.165) is 0 Å². The standard InChI is InChI=1S/C13H14BrClFNO3/c14-13(16,12(19)17-5-7-20-8-6-17)11(18)9-1-3-10(15)4-2-9/h1-4,11,18H,5-8H2. The number of hydrogen-bond acceptors (Lipinski definition) is 3. The van der Waals surface area contributed by atoms with Crippen LogP contribution in [0.15, 0.2) is 24.3 Å². The highest BCUT2D eigenvalue weighted by molar-refractivity contribution is 9.10. The summed E-state index contributed by atoms with van der Waals surface area (Å²) in [5.74, 6) is -0.803. The maximum Gasteiger partial charge on any atom is 0.274 e. The Kier molecular flexibility index (Phi) is 5.01. The fraction of sp³-hybridized carbons (Fsp3) is 0.462. The summed E-state index contributed by atoms with van der Waals surface area (Å²) in [7, 11) is 0. The summed E-state index contributed by atoms with van der Waals surface area (Å²) in [6, 6.07) is 6.02. The van der Waals surface area contributed by atoms with E-state index >= 15 is 0 Å². The van der Waals surface area contributed by atoms with Crippen LogP contribution in [0.25, 0.3) is 0 Å². The normalized spacial score (nSPS) is 20.3. The quantitative estimate of drug-likeness (QED) is 0.835. The van der Waals surface area contributed by atoms with Gasteiger partial charge in [0, 0.05) is 18.1 Å². The lowest BCUT2D eigenvalue weighted by Gasteiger charge is -2.33. The van der Waals surface area contributed by atoms with E-state index in [2.05, 4.69) is 15.9 Å². The number of morpholine rings is 1. The number of ether oxygens (including phenoxy) is 1. The Morgan fingerprint density at radius 3 is 2.50 bits per heavy atom. The van der Waals surface area contributed by atoms with Crippen molar-refractivity contribution in [1.82, 2.24) is 4.90 Å². The molecule has 0 spiro atoms. The molecule has 2 atom stereocenters. The van der Waals surface area contributed by atoms with Crippen molar-refractivity contribution >= 4 is 33.4 Å². The Labute approximate surface area is 129 Å². The molecular weight excluding hydrogens is 353 g/mol. The van der Waals surface area contributed by atoms with Gasteiger partial charge in [-0.15, -0.1) is 0 Å². The maximum atomic E-state index is 14.6. The molecule has 2 unspecified atom stereocenters. The van der Waals surface area contributed by atoms with Crippen molar-refractivity contribution in [1.29, 1.82) is 0 Å². The summed E-state index contributed by atoms with van der Waals surface area (Å²) in [6.45, 7) is 1.35. The van der Waals surface area contributed by atoms with E-state index in [1.807, 2.05) is 0 Å². The van der Waals surface area contributed by atoms with Gasteiger partial charge in [0.25, 0.3) is 10.5 Å². The third kappa shape index (κ3) is 3.31. The van der Waals surface area contributed by atoms with Gasteiger partial charge in [0.15, 0.2) is 0 Å². The number of aliphatic hydroxyl groups excluding tert-OH is 1. The highest BCUT2D eigenvalue weighted by Gasteiger charge is 2.46. The smallest absolute Gasteiger partial charge is 0.274 e. The summed E-state index contributed by atoms with van der Waals surface area (Å²) in [6.07, 6.45) is -1.62. The molecule has 1 aromatic carbocycles. The van der Waals surface area contributed by atoms with Gasteiger partial charge < -0.3 is 14.7 Å². The van der Waals surface area contributed by atoms with Crippen molar-refractivity contribution in [2.75, 3.05) is 26.3 Å². The Balaban J connectivity index is 2.15. The molecule has 4 nitrogen and oxygen atoms in total. The van der Waals surface area contributed by atoms with Crippen molar-refractivity contribution in [3.05, 3.63) is 34.9 Å². The predicted octanol–water partition coefficient (Wildman–Crippen LogP) is 2.29. The lowest BCUT2D eigenvalue weighted by Crippen LogP contribution is -2.50. The number of nitrogens with zero attached hydrogens (tertiary/aromatic N) is 1. The molecule has 1 saturated heterocycles. The number of halogens is 3. The Bertz CT molecular complexity index is 477. The SMILES string of the molecule is O=C(N1CCOCC1)C(F)(Br)C(O)c1ccc(Cl)cc1. The van der Waals surface area contributed by atoms with Gasteiger partial charge in [-0.25, -0.2) is 4.39 Å². The minimum absolute atomic E-state index is 0.274. The van der Waals surface area contributed by atoms with Crippen LogP contribution in [-0.4, -0.2) is 46.8 Å². The summed E-state index contributed by atoms with van der Waals surface area (Å²) < 4.78 is 17.2.